The van der Waals surface area contributed by atoms with Crippen LogP contribution < -0.4 is 11.5 Å². The third-order valence-electron chi connectivity index (χ3n) is 5.04. The fraction of sp³-hybridized carbons (Fsp3) is 0.0357. The third-order valence-corrected chi connectivity index (χ3v) is 5.04. The maximum atomic E-state index is 12.2. The Morgan fingerprint density at radius 2 is 0.853 bits per heavy atom. The maximum Gasteiger partial charge on any atom is 0.322 e. The van der Waals surface area contributed by atoms with E-state index in [9.17, 15) is 19.5 Å². The first-order chi connectivity index (χ1) is 16.4. The van der Waals surface area contributed by atoms with E-state index in [-0.39, 0.29) is 11.1 Å². The highest BCUT2D eigenvalue weighted by atomic mass is 16.4. The van der Waals surface area contributed by atoms with Gasteiger partial charge in [0.15, 0.2) is 17.5 Å². The van der Waals surface area contributed by atoms with E-state index in [1.165, 1.54) is 24.3 Å². The number of rotatable bonds is 6. The Morgan fingerprint density at radius 3 is 1.15 bits per heavy atom. The van der Waals surface area contributed by atoms with Gasteiger partial charge in [-0.15, -0.1) is 0 Å². The van der Waals surface area contributed by atoms with Crippen LogP contribution in [0.15, 0.2) is 109 Å². The molecule has 170 valence electrons. The van der Waals surface area contributed by atoms with Gasteiger partial charge in [0.05, 0.1) is 0 Å². The fourth-order valence-electron chi connectivity index (χ4n) is 3.23. The third kappa shape index (κ3) is 6.17. The highest BCUT2D eigenvalue weighted by Crippen LogP contribution is 2.21. The summed E-state index contributed by atoms with van der Waals surface area (Å²) in [6.07, 6.45) is 0. The van der Waals surface area contributed by atoms with Crippen LogP contribution in [0.25, 0.3) is 11.1 Å². The fourth-order valence-corrected chi connectivity index (χ4v) is 3.23. The molecule has 0 aliphatic rings. The number of hydrogen-bond donors (Lipinski definition) is 3. The Kier molecular flexibility index (Phi) is 7.92. The lowest BCUT2D eigenvalue weighted by Gasteiger charge is -2.10. The van der Waals surface area contributed by atoms with E-state index in [0.717, 1.165) is 22.5 Å². The summed E-state index contributed by atoms with van der Waals surface area (Å²) in [4.78, 5) is 35.7. The quantitative estimate of drug-likeness (QED) is 0.216. The second-order valence-electron chi connectivity index (χ2n) is 7.48. The van der Waals surface area contributed by atoms with Gasteiger partial charge >= 0.3 is 5.97 Å². The van der Waals surface area contributed by atoms with Crippen molar-refractivity contribution in [1.82, 2.24) is 0 Å². The van der Waals surface area contributed by atoms with E-state index in [1.54, 1.807) is 36.4 Å². The number of nitrogen functional groups attached to an aromatic ring is 2. The molecular weight excluding hydrogens is 428 g/mol. The molecule has 4 aromatic carbocycles. The predicted octanol–water partition coefficient (Wildman–Crippen LogP) is 4.97. The average Bonchev–Trinajstić information content (AvgIpc) is 2.86. The summed E-state index contributed by atoms with van der Waals surface area (Å²) in [5.74, 6) is -4.55. The van der Waals surface area contributed by atoms with Gasteiger partial charge in [-0.1, -0.05) is 84.9 Å². The van der Waals surface area contributed by atoms with Gasteiger partial charge in [-0.3, -0.25) is 14.4 Å². The summed E-state index contributed by atoms with van der Waals surface area (Å²) in [7, 11) is 0. The van der Waals surface area contributed by atoms with E-state index < -0.39 is 23.5 Å². The van der Waals surface area contributed by atoms with Crippen LogP contribution in [-0.4, -0.2) is 22.6 Å². The summed E-state index contributed by atoms with van der Waals surface area (Å²) in [6, 6.07) is 31.5. The molecule has 0 saturated carbocycles. The molecule has 6 nitrogen and oxygen atoms in total. The van der Waals surface area contributed by atoms with Gasteiger partial charge in [-0.25, -0.2) is 0 Å². The lowest BCUT2D eigenvalue weighted by atomic mass is 9.90. The van der Waals surface area contributed by atoms with Gasteiger partial charge in [0.25, 0.3) is 0 Å². The van der Waals surface area contributed by atoms with E-state index in [1.807, 2.05) is 48.5 Å². The topological polar surface area (TPSA) is 123 Å². The molecule has 4 rings (SSSR count). The molecule has 0 unspecified atom stereocenters. The Bertz CT molecular complexity index is 1160. The Hall–Kier alpha value is -4.71. The van der Waals surface area contributed by atoms with Gasteiger partial charge in [-0.05, 0) is 35.4 Å². The molecule has 4 aromatic rings. The molecule has 5 N–H and O–H groups in total. The number of carboxylic acid groups (broad SMARTS) is 1. The highest BCUT2D eigenvalue weighted by Gasteiger charge is 2.34. The molecule has 0 saturated heterocycles. The van der Waals surface area contributed by atoms with E-state index in [0.29, 0.717) is 0 Å². The van der Waals surface area contributed by atoms with Crippen molar-refractivity contribution in [2.75, 3.05) is 11.5 Å². The standard InChI is InChI=1S/C16H12O4.C12H12N2/c17-14(11-7-3-1-4-8-11)13(16(19)20)15(18)12-9-5-2-6-10-12;13-11-5-1-9(2-6-11)10-3-7-12(14)8-4-10/h1-10,13H,(H,19,20);1-8H,13-14H2. The van der Waals surface area contributed by atoms with Crippen LogP contribution in [0.5, 0.6) is 0 Å². The van der Waals surface area contributed by atoms with Crippen LogP contribution in [0.2, 0.25) is 0 Å². The minimum atomic E-state index is -1.71. The number of benzene rings is 4. The molecule has 0 heterocycles. The van der Waals surface area contributed by atoms with Gasteiger partial charge < -0.3 is 16.6 Å². The minimum absolute atomic E-state index is 0.212. The summed E-state index contributed by atoms with van der Waals surface area (Å²) in [5, 5.41) is 9.20. The molecule has 0 fully saturated rings. The number of anilines is 2. The number of Topliss-reactive ketones (excluding diaryl/α,β-unsaturated/α-hetero) is 2. The van der Waals surface area contributed by atoms with Crippen molar-refractivity contribution in [3.8, 4) is 11.1 Å². The lowest BCUT2D eigenvalue weighted by molar-refractivity contribution is -0.138. The van der Waals surface area contributed by atoms with E-state index in [4.69, 9.17) is 11.5 Å². The maximum absolute atomic E-state index is 12.2. The second kappa shape index (κ2) is 11.2. The molecule has 34 heavy (non-hydrogen) atoms. The lowest BCUT2D eigenvalue weighted by Crippen LogP contribution is -2.32. The zero-order chi connectivity index (χ0) is 24.5. The largest absolute Gasteiger partial charge is 0.480 e. The van der Waals surface area contributed by atoms with Crippen molar-refractivity contribution in [2.45, 2.75) is 0 Å². The smallest absolute Gasteiger partial charge is 0.322 e. The SMILES string of the molecule is Nc1ccc(-c2ccc(N)cc2)cc1.O=C(O)C(C(=O)c1ccccc1)C(=O)c1ccccc1. The number of aliphatic carboxylic acids is 1. The Morgan fingerprint density at radius 1 is 0.529 bits per heavy atom. The summed E-state index contributed by atoms with van der Waals surface area (Å²) >= 11 is 0. The van der Waals surface area contributed by atoms with Crippen molar-refractivity contribution in [1.29, 1.82) is 0 Å². The molecule has 0 aliphatic carbocycles. The Labute approximate surface area is 197 Å². The van der Waals surface area contributed by atoms with Crippen molar-refractivity contribution in [3.63, 3.8) is 0 Å². The summed E-state index contributed by atoms with van der Waals surface area (Å²) in [6.45, 7) is 0. The molecule has 0 spiro atoms. The summed E-state index contributed by atoms with van der Waals surface area (Å²) in [5.41, 5.74) is 15.5. The first-order valence-corrected chi connectivity index (χ1v) is 10.5. The minimum Gasteiger partial charge on any atom is -0.480 e. The van der Waals surface area contributed by atoms with Crippen LogP contribution in [0.3, 0.4) is 0 Å². The molecule has 6 heteroatoms. The molecule has 0 atom stereocenters. The average molecular weight is 453 g/mol. The molecule has 0 aromatic heterocycles. The number of nitrogens with two attached hydrogens (primary N) is 2. The first-order valence-electron chi connectivity index (χ1n) is 10.5. The van der Waals surface area contributed by atoms with Gasteiger partial charge in [0, 0.05) is 22.5 Å². The number of carbonyl (C=O) groups excluding carboxylic acids is 2. The molecule has 0 amide bonds. The van der Waals surface area contributed by atoms with Crippen LogP contribution in [-0.2, 0) is 4.79 Å². The second-order valence-corrected chi connectivity index (χ2v) is 7.48. The van der Waals surface area contributed by atoms with Gasteiger partial charge in [0.2, 0.25) is 0 Å². The van der Waals surface area contributed by atoms with E-state index >= 15 is 0 Å². The molecule has 0 aliphatic heterocycles. The first kappa shape index (κ1) is 23.9. The molecular formula is C28H24N2O4. The van der Waals surface area contributed by atoms with Crippen molar-refractivity contribution >= 4 is 28.9 Å². The van der Waals surface area contributed by atoms with Crippen LogP contribution in [0.4, 0.5) is 11.4 Å². The molecule has 0 bridgehead atoms. The van der Waals surface area contributed by atoms with Crippen molar-refractivity contribution in [3.05, 3.63) is 120 Å². The van der Waals surface area contributed by atoms with Crippen LogP contribution in [0.1, 0.15) is 20.7 Å². The zero-order valence-electron chi connectivity index (χ0n) is 18.3. The van der Waals surface area contributed by atoms with Gasteiger partial charge in [-0.2, -0.15) is 0 Å². The zero-order valence-corrected chi connectivity index (χ0v) is 18.3. The van der Waals surface area contributed by atoms with E-state index in [2.05, 4.69) is 0 Å². The number of carbonyl (C=O) groups is 3. The molecule has 0 radical (unpaired) electrons. The monoisotopic (exact) mass is 452 g/mol. The number of hydrogen-bond acceptors (Lipinski definition) is 5. The number of ketones is 2. The van der Waals surface area contributed by atoms with Crippen LogP contribution >= 0.6 is 0 Å². The predicted molar refractivity (Wildman–Crippen MR) is 133 cm³/mol. The van der Waals surface area contributed by atoms with Crippen molar-refractivity contribution < 1.29 is 19.5 Å². The highest BCUT2D eigenvalue weighted by molar-refractivity contribution is 6.26. The summed E-state index contributed by atoms with van der Waals surface area (Å²) < 4.78 is 0. The van der Waals surface area contributed by atoms with Crippen LogP contribution in [0, 0.1) is 5.92 Å². The Balaban J connectivity index is 0.000000202. The normalized spacial score (nSPS) is 10.1. The number of carboxylic acids is 1. The van der Waals surface area contributed by atoms with Gasteiger partial charge in [0.1, 0.15) is 0 Å². The van der Waals surface area contributed by atoms with Crippen molar-refractivity contribution in [2.24, 2.45) is 5.92 Å².